The van der Waals surface area contributed by atoms with Crippen LogP contribution >= 0.6 is 0 Å². The number of nitrogens with zero attached hydrogens (tertiary/aromatic N) is 2. The summed E-state index contributed by atoms with van der Waals surface area (Å²) in [4.78, 5) is 31.5. The number of nitrogens with one attached hydrogen (secondary N) is 2. The molecule has 44 heavy (non-hydrogen) atoms. The Morgan fingerprint density at radius 2 is 1.68 bits per heavy atom. The number of carbonyl (C=O) groups is 2. The maximum Gasteiger partial charge on any atom is 0.322 e. The maximum atomic E-state index is 13.9. The minimum Gasteiger partial charge on any atom is -0.493 e. The number of fused-ring (bicyclic) bond motifs is 1. The Labute approximate surface area is 260 Å². The lowest BCUT2D eigenvalue weighted by Crippen LogP contribution is -2.45. The lowest BCUT2D eigenvalue weighted by atomic mass is 9.94. The topological polar surface area (TPSA) is 92.4 Å². The molecule has 236 valence electrons. The van der Waals surface area contributed by atoms with Gasteiger partial charge in [-0.2, -0.15) is 0 Å². The van der Waals surface area contributed by atoms with Crippen molar-refractivity contribution >= 4 is 28.4 Å². The zero-order valence-electron chi connectivity index (χ0n) is 26.4. The number of carbonyl (C=O) groups excluding carboxylic acids is 2. The monoisotopic (exact) mass is 602 g/mol. The van der Waals surface area contributed by atoms with Crippen LogP contribution in [0.1, 0.15) is 43.5 Å². The van der Waals surface area contributed by atoms with Crippen molar-refractivity contribution in [3.63, 3.8) is 0 Å². The largest absolute Gasteiger partial charge is 0.493 e. The SMILES string of the molecule is COCCCOc1cc(C(=O)N(C[C@@H]2CNC[C@@H]2CN(C(=O)Nc2cccc3ccccc23)C2CC2)C(C)C)ccc1OC. The number of benzene rings is 3. The first-order valence-corrected chi connectivity index (χ1v) is 15.8. The molecular weight excluding hydrogens is 556 g/mol. The van der Waals surface area contributed by atoms with Crippen molar-refractivity contribution in [3.8, 4) is 11.5 Å². The van der Waals surface area contributed by atoms with E-state index in [9.17, 15) is 9.59 Å². The van der Waals surface area contributed by atoms with Crippen LogP contribution in [0.5, 0.6) is 11.5 Å². The van der Waals surface area contributed by atoms with Gasteiger partial charge in [-0.05, 0) is 68.2 Å². The molecule has 1 heterocycles. The third kappa shape index (κ3) is 7.63. The van der Waals surface area contributed by atoms with Crippen molar-refractivity contribution < 1.29 is 23.8 Å². The molecule has 3 aromatic rings. The number of urea groups is 1. The van der Waals surface area contributed by atoms with Crippen LogP contribution < -0.4 is 20.1 Å². The van der Waals surface area contributed by atoms with Crippen molar-refractivity contribution in [1.82, 2.24) is 15.1 Å². The smallest absolute Gasteiger partial charge is 0.322 e. The highest BCUT2D eigenvalue weighted by Gasteiger charge is 2.38. The van der Waals surface area contributed by atoms with Crippen LogP contribution in [0.3, 0.4) is 0 Å². The van der Waals surface area contributed by atoms with Crippen LogP contribution in [-0.2, 0) is 4.74 Å². The normalized spacial score (nSPS) is 17.9. The molecule has 0 unspecified atom stereocenters. The van der Waals surface area contributed by atoms with Gasteiger partial charge in [0.1, 0.15) is 0 Å². The fourth-order valence-corrected chi connectivity index (χ4v) is 6.03. The van der Waals surface area contributed by atoms with E-state index in [4.69, 9.17) is 14.2 Å². The molecule has 1 saturated heterocycles. The van der Waals surface area contributed by atoms with E-state index < -0.39 is 0 Å². The van der Waals surface area contributed by atoms with Gasteiger partial charge in [0.05, 0.1) is 19.4 Å². The van der Waals surface area contributed by atoms with E-state index >= 15 is 0 Å². The minimum atomic E-state index is -0.0532. The Kier molecular flexibility index (Phi) is 10.6. The molecule has 0 spiro atoms. The van der Waals surface area contributed by atoms with E-state index in [0.717, 1.165) is 48.8 Å². The summed E-state index contributed by atoms with van der Waals surface area (Å²) in [5.41, 5.74) is 1.40. The van der Waals surface area contributed by atoms with Crippen LogP contribution in [-0.4, -0.2) is 87.4 Å². The summed E-state index contributed by atoms with van der Waals surface area (Å²) in [5, 5.41) is 8.88. The van der Waals surface area contributed by atoms with E-state index in [1.807, 2.05) is 40.1 Å². The summed E-state index contributed by atoms with van der Waals surface area (Å²) in [6.45, 7) is 8.05. The Morgan fingerprint density at radius 1 is 0.932 bits per heavy atom. The summed E-state index contributed by atoms with van der Waals surface area (Å²) in [6.07, 6.45) is 2.79. The van der Waals surface area contributed by atoms with Gasteiger partial charge < -0.3 is 34.6 Å². The first-order valence-electron chi connectivity index (χ1n) is 15.8. The molecule has 2 atom stereocenters. The van der Waals surface area contributed by atoms with Crippen molar-refractivity contribution in [2.45, 2.75) is 45.2 Å². The molecule has 1 aliphatic carbocycles. The van der Waals surface area contributed by atoms with E-state index in [0.29, 0.717) is 43.4 Å². The van der Waals surface area contributed by atoms with Crippen LogP contribution in [0.15, 0.2) is 60.7 Å². The second-order valence-electron chi connectivity index (χ2n) is 12.1. The third-order valence-electron chi connectivity index (χ3n) is 8.67. The number of hydrogen-bond acceptors (Lipinski definition) is 6. The predicted molar refractivity (Wildman–Crippen MR) is 174 cm³/mol. The number of anilines is 1. The van der Waals surface area contributed by atoms with Gasteiger partial charge in [0.15, 0.2) is 11.5 Å². The molecule has 3 amide bonds. The minimum absolute atomic E-state index is 0.00567. The number of rotatable bonds is 14. The average Bonchev–Trinajstić information content (AvgIpc) is 3.78. The zero-order valence-corrected chi connectivity index (χ0v) is 26.4. The number of hydrogen-bond donors (Lipinski definition) is 2. The van der Waals surface area contributed by atoms with Gasteiger partial charge in [-0.3, -0.25) is 4.79 Å². The van der Waals surface area contributed by atoms with Crippen molar-refractivity contribution in [2.75, 3.05) is 58.9 Å². The second kappa shape index (κ2) is 14.8. The van der Waals surface area contributed by atoms with Crippen molar-refractivity contribution in [3.05, 3.63) is 66.2 Å². The lowest BCUT2D eigenvalue weighted by Gasteiger charge is -2.33. The highest BCUT2D eigenvalue weighted by molar-refractivity contribution is 6.01. The Morgan fingerprint density at radius 3 is 2.41 bits per heavy atom. The van der Waals surface area contributed by atoms with E-state index in [2.05, 4.69) is 36.6 Å². The molecule has 0 radical (unpaired) electrons. The van der Waals surface area contributed by atoms with E-state index in [-0.39, 0.29) is 35.9 Å². The van der Waals surface area contributed by atoms with Gasteiger partial charge in [0, 0.05) is 69.3 Å². The molecule has 1 saturated carbocycles. The van der Waals surface area contributed by atoms with Gasteiger partial charge in [0.25, 0.3) is 5.91 Å². The predicted octanol–water partition coefficient (Wildman–Crippen LogP) is 5.65. The van der Waals surface area contributed by atoms with Gasteiger partial charge in [-0.15, -0.1) is 0 Å². The highest BCUT2D eigenvalue weighted by atomic mass is 16.5. The van der Waals surface area contributed by atoms with E-state index in [1.54, 1.807) is 32.4 Å². The fourth-order valence-electron chi connectivity index (χ4n) is 6.03. The molecule has 9 nitrogen and oxygen atoms in total. The Balaban J connectivity index is 1.27. The number of ether oxygens (including phenoxy) is 3. The van der Waals surface area contributed by atoms with E-state index in [1.165, 1.54) is 0 Å². The highest BCUT2D eigenvalue weighted by Crippen LogP contribution is 2.33. The molecule has 9 heteroatoms. The second-order valence-corrected chi connectivity index (χ2v) is 12.1. The van der Waals surface area contributed by atoms with Crippen LogP contribution in [0, 0.1) is 11.8 Å². The van der Waals surface area contributed by atoms with Crippen LogP contribution in [0.4, 0.5) is 10.5 Å². The first kappa shape index (κ1) is 31.6. The van der Waals surface area contributed by atoms with Gasteiger partial charge in [-0.25, -0.2) is 4.79 Å². The molecule has 1 aliphatic heterocycles. The quantitative estimate of drug-likeness (QED) is 0.232. The molecule has 2 aliphatic rings. The number of methoxy groups -OCH3 is 2. The van der Waals surface area contributed by atoms with Gasteiger partial charge in [-0.1, -0.05) is 36.4 Å². The molecular formula is C35H46N4O5. The molecule has 0 bridgehead atoms. The Hall–Kier alpha value is -3.82. The van der Waals surface area contributed by atoms with Gasteiger partial charge >= 0.3 is 6.03 Å². The molecule has 0 aromatic heterocycles. The summed E-state index contributed by atoms with van der Waals surface area (Å²) >= 11 is 0. The van der Waals surface area contributed by atoms with Crippen LogP contribution in [0.25, 0.3) is 10.8 Å². The summed E-state index contributed by atoms with van der Waals surface area (Å²) in [7, 11) is 3.26. The molecule has 2 N–H and O–H groups in total. The van der Waals surface area contributed by atoms with Crippen molar-refractivity contribution in [2.24, 2.45) is 11.8 Å². The number of amides is 3. The summed E-state index contributed by atoms with van der Waals surface area (Å²) in [5.74, 6) is 1.56. The summed E-state index contributed by atoms with van der Waals surface area (Å²) in [6, 6.07) is 19.7. The first-order chi connectivity index (χ1) is 21.4. The van der Waals surface area contributed by atoms with Crippen molar-refractivity contribution in [1.29, 1.82) is 0 Å². The standard InChI is InChI=1S/C35H46N4O5/c1-24(2)38(34(40)26-13-16-32(43-4)33(19-26)44-18-8-17-42-3)22-27-20-36-21-28(27)23-39(29-14-15-29)35(41)37-31-12-7-10-25-9-5-6-11-30(25)31/h5-7,9-13,16,19,24,27-29,36H,8,14-15,17-18,20-23H2,1-4H3,(H,37,41)/t27-,28+/m0/s1. The fraction of sp³-hybridized carbons (Fsp3) is 0.486. The molecule has 5 rings (SSSR count). The third-order valence-corrected chi connectivity index (χ3v) is 8.67. The lowest BCUT2D eigenvalue weighted by molar-refractivity contribution is 0.0653. The molecule has 3 aromatic carbocycles. The average molecular weight is 603 g/mol. The molecule has 2 fully saturated rings. The summed E-state index contributed by atoms with van der Waals surface area (Å²) < 4.78 is 16.5. The van der Waals surface area contributed by atoms with Crippen LogP contribution in [0.2, 0.25) is 0 Å². The van der Waals surface area contributed by atoms with Gasteiger partial charge in [0.2, 0.25) is 0 Å². The Bertz CT molecular complexity index is 1420. The maximum absolute atomic E-state index is 13.9. The zero-order chi connectivity index (χ0) is 31.1.